The van der Waals surface area contributed by atoms with Crippen molar-refractivity contribution in [1.82, 2.24) is 5.32 Å². The SMILES string of the molecule is CCC(NC(CC)[Si](OC)(OC)OC)[Si](OC)(OC)OC.[SiH4]. The van der Waals surface area contributed by atoms with E-state index >= 15 is 0 Å². The molecule has 0 aromatic heterocycles. The van der Waals surface area contributed by atoms with E-state index in [0.717, 1.165) is 12.8 Å². The monoisotopic (exact) mass is 373 g/mol. The maximum Gasteiger partial charge on any atom is 0.517 e. The Bertz CT molecular complexity index is 237. The second-order valence-corrected chi connectivity index (χ2v) is 10.8. The van der Waals surface area contributed by atoms with Crippen molar-refractivity contribution in [2.45, 2.75) is 38.0 Å². The van der Waals surface area contributed by atoms with Gasteiger partial charge in [0.1, 0.15) is 0 Å². The molecule has 136 valence electrons. The predicted molar refractivity (Wildman–Crippen MR) is 96.2 cm³/mol. The van der Waals surface area contributed by atoms with Crippen molar-refractivity contribution in [3.63, 3.8) is 0 Å². The van der Waals surface area contributed by atoms with Gasteiger partial charge in [0.15, 0.2) is 0 Å². The van der Waals surface area contributed by atoms with Crippen molar-refractivity contribution in [3.05, 3.63) is 0 Å². The Labute approximate surface area is 141 Å². The average molecular weight is 374 g/mol. The van der Waals surface area contributed by atoms with E-state index in [1.165, 1.54) is 0 Å². The van der Waals surface area contributed by atoms with Gasteiger partial charge in [0.05, 0.1) is 11.3 Å². The van der Waals surface area contributed by atoms with Gasteiger partial charge in [-0.15, -0.1) is 0 Å². The van der Waals surface area contributed by atoms with Gasteiger partial charge in [-0.25, -0.2) is 0 Å². The Morgan fingerprint density at radius 1 is 0.636 bits per heavy atom. The lowest BCUT2D eigenvalue weighted by Gasteiger charge is -2.38. The van der Waals surface area contributed by atoms with E-state index in [1.54, 1.807) is 42.7 Å². The van der Waals surface area contributed by atoms with E-state index in [1.807, 2.05) is 0 Å². The molecule has 0 spiro atoms. The van der Waals surface area contributed by atoms with Crippen LogP contribution in [0.25, 0.3) is 0 Å². The lowest BCUT2D eigenvalue weighted by Crippen LogP contribution is -2.68. The van der Waals surface area contributed by atoms with Crippen LogP contribution < -0.4 is 5.32 Å². The summed E-state index contributed by atoms with van der Waals surface area (Å²) in [7, 11) is 4.06. The molecule has 0 amide bonds. The minimum Gasteiger partial charge on any atom is -0.376 e. The molecule has 0 aliphatic heterocycles. The summed E-state index contributed by atoms with van der Waals surface area (Å²) in [5, 5.41) is 3.51. The number of hydrogen-bond acceptors (Lipinski definition) is 7. The van der Waals surface area contributed by atoms with Crippen molar-refractivity contribution >= 4 is 28.6 Å². The van der Waals surface area contributed by atoms with Gasteiger partial charge in [-0.3, -0.25) is 0 Å². The molecule has 2 atom stereocenters. The fraction of sp³-hybridized carbons (Fsp3) is 1.00. The van der Waals surface area contributed by atoms with Gasteiger partial charge in [0, 0.05) is 42.7 Å². The van der Waals surface area contributed by atoms with E-state index in [2.05, 4.69) is 19.2 Å². The van der Waals surface area contributed by atoms with Crippen LogP contribution in [0.15, 0.2) is 0 Å². The van der Waals surface area contributed by atoms with Crippen molar-refractivity contribution in [2.24, 2.45) is 0 Å². The lowest BCUT2D eigenvalue weighted by molar-refractivity contribution is 0.0893. The molecular weight excluding hydrogens is 338 g/mol. The summed E-state index contributed by atoms with van der Waals surface area (Å²) >= 11 is 0. The van der Waals surface area contributed by atoms with Crippen molar-refractivity contribution in [1.29, 1.82) is 0 Å². The van der Waals surface area contributed by atoms with Crippen LogP contribution in [0.3, 0.4) is 0 Å². The van der Waals surface area contributed by atoms with Crippen molar-refractivity contribution in [2.75, 3.05) is 42.7 Å². The molecule has 0 saturated carbocycles. The second-order valence-electron chi connectivity index (χ2n) is 4.52. The quantitative estimate of drug-likeness (QED) is 0.463. The molecule has 1 N–H and O–H groups in total. The molecule has 0 bridgehead atoms. The molecule has 0 aliphatic rings. The summed E-state index contributed by atoms with van der Waals surface area (Å²) in [4.78, 5) is 0. The van der Waals surface area contributed by atoms with Crippen LogP contribution in [0.2, 0.25) is 0 Å². The molecule has 7 nitrogen and oxygen atoms in total. The van der Waals surface area contributed by atoms with Crippen LogP contribution in [0.5, 0.6) is 0 Å². The molecule has 0 aromatic rings. The number of hydrogen-bond donors (Lipinski definition) is 1. The zero-order chi connectivity index (χ0) is 16.5. The first-order valence-corrected chi connectivity index (χ1v) is 10.7. The summed E-state index contributed by atoms with van der Waals surface area (Å²) in [6.45, 7) is 4.11. The topological polar surface area (TPSA) is 67.4 Å². The van der Waals surface area contributed by atoms with E-state index in [-0.39, 0.29) is 22.3 Å². The molecule has 0 aliphatic carbocycles. The fourth-order valence-corrected chi connectivity index (χ4v) is 7.22. The Morgan fingerprint density at radius 2 is 0.864 bits per heavy atom. The third kappa shape index (κ3) is 5.19. The maximum absolute atomic E-state index is 5.57. The highest BCUT2D eigenvalue weighted by atomic mass is 28.4. The summed E-state index contributed by atoms with van der Waals surface area (Å²) in [5.41, 5.74) is -0.149. The highest BCUT2D eigenvalue weighted by molar-refractivity contribution is 6.64. The first-order chi connectivity index (χ1) is 9.99. The molecule has 22 heavy (non-hydrogen) atoms. The molecule has 0 fully saturated rings. The minimum atomic E-state index is -2.80. The smallest absolute Gasteiger partial charge is 0.376 e. The maximum atomic E-state index is 5.57. The van der Waals surface area contributed by atoms with E-state index in [0.29, 0.717) is 0 Å². The summed E-state index contributed by atoms with van der Waals surface area (Å²) in [6, 6.07) is 0. The summed E-state index contributed by atoms with van der Waals surface area (Å²) in [5.74, 6) is 0. The Hall–Kier alpha value is 0.371. The first kappa shape index (κ1) is 24.6. The number of nitrogens with one attached hydrogen (secondary N) is 1. The normalized spacial score (nSPS) is 15.3. The highest BCUT2D eigenvalue weighted by Gasteiger charge is 2.53. The van der Waals surface area contributed by atoms with Gasteiger partial charge in [-0.05, 0) is 23.8 Å². The minimum absolute atomic E-state index is 0. The lowest BCUT2D eigenvalue weighted by atomic mass is 10.4. The van der Waals surface area contributed by atoms with Gasteiger partial charge in [0.25, 0.3) is 0 Å². The number of rotatable bonds is 12. The van der Waals surface area contributed by atoms with Crippen LogP contribution in [0.1, 0.15) is 26.7 Å². The highest BCUT2D eigenvalue weighted by Crippen LogP contribution is 2.20. The van der Waals surface area contributed by atoms with Gasteiger partial charge >= 0.3 is 17.6 Å². The zero-order valence-corrected chi connectivity index (χ0v) is 16.5. The standard InChI is InChI=1S/C12H31NO6Si2.H4Si/c1-9-11(20(14-3,15-4)16-5)13-12(10-2)21(17-6,18-7)19-8;/h11-13H,9-10H2,1-8H3;1H4. The zero-order valence-electron chi connectivity index (χ0n) is 14.5. The Balaban J connectivity index is 0. The van der Waals surface area contributed by atoms with Gasteiger partial charge in [-0.2, -0.15) is 0 Å². The van der Waals surface area contributed by atoms with Crippen LogP contribution in [0, 0.1) is 0 Å². The predicted octanol–water partition coefficient (Wildman–Crippen LogP) is -0.484. The summed E-state index contributed by atoms with van der Waals surface area (Å²) in [6.07, 6.45) is 1.58. The first-order valence-electron chi connectivity index (χ1n) is 7.06. The van der Waals surface area contributed by atoms with Crippen molar-refractivity contribution < 1.29 is 26.6 Å². The van der Waals surface area contributed by atoms with Crippen molar-refractivity contribution in [3.8, 4) is 0 Å². The largest absolute Gasteiger partial charge is 0.517 e. The molecule has 10 heteroatoms. The van der Waals surface area contributed by atoms with Gasteiger partial charge in [-0.1, -0.05) is 13.8 Å². The second kappa shape index (κ2) is 11.8. The van der Waals surface area contributed by atoms with Crippen LogP contribution in [0.4, 0.5) is 0 Å². The molecule has 0 heterocycles. The molecule has 0 saturated heterocycles. The molecule has 0 rings (SSSR count). The Morgan fingerprint density at radius 3 is 1.00 bits per heavy atom. The van der Waals surface area contributed by atoms with Crippen LogP contribution in [-0.2, 0) is 26.6 Å². The Kier molecular flexibility index (Phi) is 13.2. The van der Waals surface area contributed by atoms with Gasteiger partial charge in [0.2, 0.25) is 0 Å². The molecule has 0 aromatic carbocycles. The molecular formula is C12H35NO6Si3. The van der Waals surface area contributed by atoms with Crippen LogP contribution in [-0.4, -0.2) is 82.6 Å². The van der Waals surface area contributed by atoms with E-state index in [4.69, 9.17) is 26.6 Å². The average Bonchev–Trinajstić information content (AvgIpc) is 2.55. The van der Waals surface area contributed by atoms with Gasteiger partial charge < -0.3 is 31.9 Å². The van der Waals surface area contributed by atoms with Crippen LogP contribution >= 0.6 is 0 Å². The molecule has 0 radical (unpaired) electrons. The third-order valence-electron chi connectivity index (χ3n) is 3.78. The summed E-state index contributed by atoms with van der Waals surface area (Å²) < 4.78 is 33.4. The van der Waals surface area contributed by atoms with E-state index < -0.39 is 17.6 Å². The third-order valence-corrected chi connectivity index (χ3v) is 10.1. The molecule has 2 unspecified atom stereocenters. The fourth-order valence-electron chi connectivity index (χ4n) is 2.54. The van der Waals surface area contributed by atoms with E-state index in [9.17, 15) is 0 Å².